The van der Waals surface area contributed by atoms with Gasteiger partial charge in [0.15, 0.2) is 0 Å². The van der Waals surface area contributed by atoms with Crippen molar-refractivity contribution in [3.63, 3.8) is 0 Å². The fraction of sp³-hybridized carbons (Fsp3) is 0.0500. The number of rotatable bonds is 4. The number of sulfonamides is 1. The van der Waals surface area contributed by atoms with Crippen LogP contribution in [0.5, 0.6) is 0 Å². The Bertz CT molecular complexity index is 1280. The van der Waals surface area contributed by atoms with Gasteiger partial charge in [-0.1, -0.05) is 24.3 Å². The third-order valence-corrected chi connectivity index (χ3v) is 4.67. The molecule has 1 amide bonds. The molecule has 0 aliphatic heterocycles. The van der Waals surface area contributed by atoms with Gasteiger partial charge in [-0.2, -0.15) is 0 Å². The monoisotopic (exact) mass is 380 g/mol. The van der Waals surface area contributed by atoms with Crippen LogP contribution in [0.25, 0.3) is 21.9 Å². The molecule has 0 aliphatic carbocycles. The lowest BCUT2D eigenvalue weighted by Crippen LogP contribution is -2.13. The van der Waals surface area contributed by atoms with E-state index in [1.165, 1.54) is 6.07 Å². The lowest BCUT2D eigenvalue weighted by Gasteiger charge is -2.08. The van der Waals surface area contributed by atoms with Gasteiger partial charge in [-0.15, -0.1) is 0 Å². The van der Waals surface area contributed by atoms with E-state index in [0.717, 1.165) is 22.6 Å². The number of furan rings is 1. The molecule has 27 heavy (non-hydrogen) atoms. The Balaban J connectivity index is 1.61. The molecule has 3 aromatic carbocycles. The molecule has 0 fully saturated rings. The van der Waals surface area contributed by atoms with Gasteiger partial charge >= 0.3 is 0 Å². The Kier molecular flexibility index (Phi) is 4.08. The zero-order valence-electron chi connectivity index (χ0n) is 14.4. The van der Waals surface area contributed by atoms with Crippen LogP contribution in [0.2, 0.25) is 0 Å². The second-order valence-electron chi connectivity index (χ2n) is 6.22. The van der Waals surface area contributed by atoms with Gasteiger partial charge in [0, 0.05) is 33.8 Å². The van der Waals surface area contributed by atoms with Crippen LogP contribution in [-0.2, 0) is 10.0 Å². The lowest BCUT2D eigenvalue weighted by molar-refractivity contribution is 0.102. The lowest BCUT2D eigenvalue weighted by atomic mass is 10.1. The van der Waals surface area contributed by atoms with Crippen LogP contribution in [0.3, 0.4) is 0 Å². The summed E-state index contributed by atoms with van der Waals surface area (Å²) in [6, 6.07) is 19.5. The van der Waals surface area contributed by atoms with Crippen LogP contribution < -0.4 is 10.0 Å². The number of amides is 1. The first-order chi connectivity index (χ1) is 12.9. The summed E-state index contributed by atoms with van der Waals surface area (Å²) in [7, 11) is -3.41. The number of nitrogens with one attached hydrogen (secondary N) is 2. The highest BCUT2D eigenvalue weighted by atomic mass is 32.2. The molecule has 7 heteroatoms. The van der Waals surface area contributed by atoms with E-state index in [1.54, 1.807) is 30.3 Å². The summed E-state index contributed by atoms with van der Waals surface area (Å²) in [6.45, 7) is 0. The van der Waals surface area contributed by atoms with Gasteiger partial charge in [-0.3, -0.25) is 9.52 Å². The second kappa shape index (κ2) is 6.44. The summed E-state index contributed by atoms with van der Waals surface area (Å²) in [6.07, 6.45) is 1.06. The molecule has 0 aliphatic rings. The number of carbonyl (C=O) groups excluding carboxylic acids is 1. The van der Waals surface area contributed by atoms with Crippen molar-refractivity contribution >= 4 is 49.2 Å². The van der Waals surface area contributed by atoms with Crippen molar-refractivity contribution in [3.05, 3.63) is 72.3 Å². The predicted octanol–water partition coefficient (Wildman–Crippen LogP) is 4.21. The molecular weight excluding hydrogens is 364 g/mol. The number of benzene rings is 3. The highest BCUT2D eigenvalue weighted by Crippen LogP contribution is 2.30. The molecule has 2 N–H and O–H groups in total. The minimum atomic E-state index is -3.41. The minimum absolute atomic E-state index is 0.331. The first-order valence-electron chi connectivity index (χ1n) is 8.19. The molecule has 0 bridgehead atoms. The summed E-state index contributed by atoms with van der Waals surface area (Å²) in [5.74, 6) is -0.345. The van der Waals surface area contributed by atoms with Gasteiger partial charge in [-0.05, 0) is 36.4 Å². The van der Waals surface area contributed by atoms with E-state index in [0.29, 0.717) is 22.5 Å². The summed E-state index contributed by atoms with van der Waals surface area (Å²) < 4.78 is 30.9. The molecule has 6 nitrogen and oxygen atoms in total. The van der Waals surface area contributed by atoms with Crippen LogP contribution in [0.4, 0.5) is 11.4 Å². The predicted molar refractivity (Wildman–Crippen MR) is 107 cm³/mol. The second-order valence-corrected chi connectivity index (χ2v) is 7.97. The van der Waals surface area contributed by atoms with E-state index >= 15 is 0 Å². The van der Waals surface area contributed by atoms with Crippen molar-refractivity contribution in [2.45, 2.75) is 0 Å². The highest BCUT2D eigenvalue weighted by molar-refractivity contribution is 7.92. The number of para-hydroxylation sites is 1. The molecular formula is C20H16N2O4S. The number of anilines is 2. The van der Waals surface area contributed by atoms with E-state index in [4.69, 9.17) is 4.42 Å². The van der Waals surface area contributed by atoms with Gasteiger partial charge in [-0.25, -0.2) is 8.42 Å². The van der Waals surface area contributed by atoms with Gasteiger partial charge in [0.2, 0.25) is 10.0 Å². The van der Waals surface area contributed by atoms with E-state index in [-0.39, 0.29) is 5.91 Å². The summed E-state index contributed by atoms with van der Waals surface area (Å²) in [4.78, 5) is 12.5. The fourth-order valence-corrected chi connectivity index (χ4v) is 3.50. The Morgan fingerprint density at radius 3 is 2.44 bits per heavy atom. The molecule has 0 radical (unpaired) electrons. The average molecular weight is 380 g/mol. The van der Waals surface area contributed by atoms with Gasteiger partial charge in [0.25, 0.3) is 5.91 Å². The maximum atomic E-state index is 12.5. The van der Waals surface area contributed by atoms with Crippen LogP contribution in [-0.4, -0.2) is 20.6 Å². The summed E-state index contributed by atoms with van der Waals surface area (Å²) in [5.41, 5.74) is 2.73. The zero-order valence-corrected chi connectivity index (χ0v) is 15.2. The first kappa shape index (κ1) is 17.1. The average Bonchev–Trinajstić information content (AvgIpc) is 2.98. The third kappa shape index (κ3) is 3.63. The molecule has 4 rings (SSSR count). The first-order valence-corrected chi connectivity index (χ1v) is 10.1. The molecule has 0 atom stereocenters. The topological polar surface area (TPSA) is 88.4 Å². The highest BCUT2D eigenvalue weighted by Gasteiger charge is 2.11. The fourth-order valence-electron chi connectivity index (χ4n) is 2.94. The molecule has 4 aromatic rings. The quantitative estimate of drug-likeness (QED) is 0.555. The number of fused-ring (bicyclic) bond motifs is 3. The molecule has 0 saturated carbocycles. The number of hydrogen-bond acceptors (Lipinski definition) is 4. The normalized spacial score (nSPS) is 11.6. The van der Waals surface area contributed by atoms with Crippen molar-refractivity contribution in [1.29, 1.82) is 0 Å². The van der Waals surface area contributed by atoms with Crippen LogP contribution in [0.15, 0.2) is 71.1 Å². The molecule has 1 heterocycles. The molecule has 1 aromatic heterocycles. The molecule has 0 saturated heterocycles. The van der Waals surface area contributed by atoms with Crippen molar-refractivity contribution in [2.24, 2.45) is 0 Å². The van der Waals surface area contributed by atoms with Crippen LogP contribution in [0, 0.1) is 0 Å². The van der Waals surface area contributed by atoms with Crippen molar-refractivity contribution in [1.82, 2.24) is 0 Å². The minimum Gasteiger partial charge on any atom is -0.456 e. The molecule has 0 spiro atoms. The van der Waals surface area contributed by atoms with Crippen molar-refractivity contribution in [2.75, 3.05) is 16.3 Å². The standard InChI is InChI=1S/C20H16N2O4S/c1-27(24,25)22-15-6-4-5-13(11-15)20(23)21-14-9-10-17-16-7-2-3-8-18(16)26-19(17)12-14/h2-12,22H,1H3,(H,21,23). The van der Waals surface area contributed by atoms with E-state index in [1.807, 2.05) is 30.3 Å². The Morgan fingerprint density at radius 2 is 1.63 bits per heavy atom. The number of hydrogen-bond donors (Lipinski definition) is 2. The zero-order chi connectivity index (χ0) is 19.0. The maximum absolute atomic E-state index is 12.5. The Hall–Kier alpha value is -3.32. The summed E-state index contributed by atoms with van der Waals surface area (Å²) in [5, 5.41) is 4.80. The van der Waals surface area contributed by atoms with Crippen molar-refractivity contribution in [3.8, 4) is 0 Å². The van der Waals surface area contributed by atoms with Gasteiger partial charge in [0.1, 0.15) is 11.2 Å². The van der Waals surface area contributed by atoms with Gasteiger partial charge in [0.05, 0.1) is 6.26 Å². The largest absolute Gasteiger partial charge is 0.456 e. The van der Waals surface area contributed by atoms with Crippen molar-refractivity contribution < 1.29 is 17.6 Å². The van der Waals surface area contributed by atoms with E-state index in [2.05, 4.69) is 10.0 Å². The van der Waals surface area contributed by atoms with E-state index in [9.17, 15) is 13.2 Å². The van der Waals surface area contributed by atoms with Crippen LogP contribution in [0.1, 0.15) is 10.4 Å². The molecule has 0 unspecified atom stereocenters. The van der Waals surface area contributed by atoms with Crippen LogP contribution >= 0.6 is 0 Å². The number of carbonyl (C=O) groups is 1. The van der Waals surface area contributed by atoms with E-state index < -0.39 is 10.0 Å². The van der Waals surface area contributed by atoms with Gasteiger partial charge < -0.3 is 9.73 Å². The third-order valence-electron chi connectivity index (χ3n) is 4.06. The maximum Gasteiger partial charge on any atom is 0.255 e. The Morgan fingerprint density at radius 1 is 0.852 bits per heavy atom. The SMILES string of the molecule is CS(=O)(=O)Nc1cccc(C(=O)Nc2ccc3c(c2)oc2ccccc23)c1. The summed E-state index contributed by atoms with van der Waals surface area (Å²) >= 11 is 0. The molecule has 136 valence electrons. The smallest absolute Gasteiger partial charge is 0.255 e. The Labute approximate surface area is 155 Å².